The van der Waals surface area contributed by atoms with Gasteiger partial charge in [-0.3, -0.25) is 4.79 Å². The highest BCUT2D eigenvalue weighted by Crippen LogP contribution is 2.10. The third-order valence-electron chi connectivity index (χ3n) is 2.93. The van der Waals surface area contributed by atoms with Crippen LogP contribution in [-0.4, -0.2) is 26.9 Å². The van der Waals surface area contributed by atoms with E-state index in [2.05, 4.69) is 17.0 Å². The molecule has 1 atom stereocenters. The van der Waals surface area contributed by atoms with Gasteiger partial charge >= 0.3 is 0 Å². The molecule has 0 saturated heterocycles. The van der Waals surface area contributed by atoms with E-state index in [1.807, 2.05) is 0 Å². The number of carbonyl (C=O) groups excluding carboxylic acids is 1. The molecule has 0 aliphatic carbocycles. The van der Waals surface area contributed by atoms with E-state index in [-0.39, 0.29) is 10.8 Å². The van der Waals surface area contributed by atoms with Crippen LogP contribution in [0.3, 0.4) is 0 Å². The Balaban J connectivity index is 2.58. The number of benzene rings is 1. The molecule has 0 bridgehead atoms. The van der Waals surface area contributed by atoms with Gasteiger partial charge in [0.15, 0.2) is 0 Å². The molecular formula is C14H21FN2O3S. The van der Waals surface area contributed by atoms with Gasteiger partial charge in [0, 0.05) is 6.54 Å². The lowest BCUT2D eigenvalue weighted by Gasteiger charge is -2.14. The van der Waals surface area contributed by atoms with E-state index >= 15 is 0 Å². The number of sulfonamides is 1. The first-order chi connectivity index (χ1) is 9.86. The molecule has 0 aromatic heterocycles. The van der Waals surface area contributed by atoms with Gasteiger partial charge in [-0.2, -0.15) is 4.72 Å². The van der Waals surface area contributed by atoms with E-state index in [4.69, 9.17) is 0 Å². The van der Waals surface area contributed by atoms with Crippen molar-refractivity contribution in [2.45, 2.75) is 44.0 Å². The molecule has 0 heterocycles. The summed E-state index contributed by atoms with van der Waals surface area (Å²) in [5, 5.41) is 2.67. The fourth-order valence-corrected chi connectivity index (χ4v) is 2.91. The van der Waals surface area contributed by atoms with Crippen molar-refractivity contribution in [2.24, 2.45) is 0 Å². The molecule has 0 spiro atoms. The average Bonchev–Trinajstić information content (AvgIpc) is 2.43. The number of hydrogen-bond donors (Lipinski definition) is 2. The lowest BCUT2D eigenvalue weighted by Crippen LogP contribution is -2.44. The van der Waals surface area contributed by atoms with Gasteiger partial charge in [-0.25, -0.2) is 12.8 Å². The van der Waals surface area contributed by atoms with E-state index in [1.165, 1.54) is 6.92 Å². The van der Waals surface area contributed by atoms with Crippen molar-refractivity contribution in [3.05, 3.63) is 30.1 Å². The van der Waals surface area contributed by atoms with Gasteiger partial charge in [0.2, 0.25) is 15.9 Å². The maximum atomic E-state index is 12.8. The summed E-state index contributed by atoms with van der Waals surface area (Å²) >= 11 is 0. The molecule has 1 rings (SSSR count). The molecule has 1 aromatic rings. The van der Waals surface area contributed by atoms with E-state index in [1.54, 1.807) is 0 Å². The summed E-state index contributed by atoms with van der Waals surface area (Å²) < 4.78 is 39.1. The highest BCUT2D eigenvalue weighted by molar-refractivity contribution is 7.89. The molecule has 2 N–H and O–H groups in total. The van der Waals surface area contributed by atoms with Crippen LogP contribution in [0, 0.1) is 5.82 Å². The number of rotatable bonds is 8. The summed E-state index contributed by atoms with van der Waals surface area (Å²) in [6.07, 6.45) is 2.91. The maximum Gasteiger partial charge on any atom is 0.241 e. The minimum Gasteiger partial charge on any atom is -0.355 e. The molecule has 7 heteroatoms. The monoisotopic (exact) mass is 316 g/mol. The summed E-state index contributed by atoms with van der Waals surface area (Å²) in [5.41, 5.74) is 0. The number of amides is 1. The second-order valence-corrected chi connectivity index (χ2v) is 6.51. The van der Waals surface area contributed by atoms with Crippen LogP contribution in [0.15, 0.2) is 29.2 Å². The first kappa shape index (κ1) is 17.6. The van der Waals surface area contributed by atoms with Crippen molar-refractivity contribution in [3.8, 4) is 0 Å². The number of unbranched alkanes of at least 4 members (excludes halogenated alkanes) is 2. The first-order valence-electron chi connectivity index (χ1n) is 6.92. The zero-order valence-corrected chi connectivity index (χ0v) is 13.0. The van der Waals surface area contributed by atoms with Crippen molar-refractivity contribution in [2.75, 3.05) is 6.54 Å². The Hall–Kier alpha value is -1.47. The van der Waals surface area contributed by atoms with Gasteiger partial charge in [-0.1, -0.05) is 19.8 Å². The van der Waals surface area contributed by atoms with Gasteiger partial charge in [0.1, 0.15) is 5.82 Å². The van der Waals surface area contributed by atoms with Gasteiger partial charge < -0.3 is 5.32 Å². The van der Waals surface area contributed by atoms with Gasteiger partial charge in [0.05, 0.1) is 10.9 Å². The van der Waals surface area contributed by atoms with Crippen molar-refractivity contribution < 1.29 is 17.6 Å². The van der Waals surface area contributed by atoms with E-state index < -0.39 is 21.9 Å². The maximum absolute atomic E-state index is 12.8. The Bertz CT molecular complexity index is 558. The number of hydrogen-bond acceptors (Lipinski definition) is 3. The summed E-state index contributed by atoms with van der Waals surface area (Å²) in [6, 6.07) is 3.54. The highest BCUT2D eigenvalue weighted by Gasteiger charge is 2.21. The number of halogens is 1. The van der Waals surface area contributed by atoms with Gasteiger partial charge in [-0.15, -0.1) is 0 Å². The Morgan fingerprint density at radius 2 is 1.86 bits per heavy atom. The van der Waals surface area contributed by atoms with Crippen molar-refractivity contribution in [1.82, 2.24) is 10.0 Å². The van der Waals surface area contributed by atoms with Crippen LogP contribution in [0.2, 0.25) is 0 Å². The molecule has 0 fully saturated rings. The van der Waals surface area contributed by atoms with Crippen LogP contribution < -0.4 is 10.0 Å². The Morgan fingerprint density at radius 1 is 1.24 bits per heavy atom. The summed E-state index contributed by atoms with van der Waals surface area (Å²) in [7, 11) is -3.83. The summed E-state index contributed by atoms with van der Waals surface area (Å²) in [5.74, 6) is -0.896. The first-order valence-corrected chi connectivity index (χ1v) is 8.40. The zero-order valence-electron chi connectivity index (χ0n) is 12.2. The van der Waals surface area contributed by atoms with Gasteiger partial charge in [-0.05, 0) is 37.6 Å². The van der Waals surface area contributed by atoms with Crippen LogP contribution in [0.1, 0.15) is 33.1 Å². The fraction of sp³-hybridized carbons (Fsp3) is 0.500. The van der Waals surface area contributed by atoms with Crippen molar-refractivity contribution in [1.29, 1.82) is 0 Å². The third kappa shape index (κ3) is 5.81. The summed E-state index contributed by atoms with van der Waals surface area (Å²) in [6.45, 7) is 4.05. The Kier molecular flexibility index (Phi) is 6.77. The van der Waals surface area contributed by atoms with Gasteiger partial charge in [0.25, 0.3) is 0 Å². The largest absolute Gasteiger partial charge is 0.355 e. The minimum atomic E-state index is -3.83. The molecule has 0 radical (unpaired) electrons. The SMILES string of the molecule is CCCCCNC(=O)[C@@H](C)NS(=O)(=O)c1ccc(F)cc1. The second kappa shape index (κ2) is 8.09. The van der Waals surface area contributed by atoms with E-state index in [0.29, 0.717) is 6.54 Å². The van der Waals surface area contributed by atoms with E-state index in [9.17, 15) is 17.6 Å². The fourth-order valence-electron chi connectivity index (χ4n) is 1.71. The molecule has 0 aliphatic heterocycles. The smallest absolute Gasteiger partial charge is 0.241 e. The zero-order chi connectivity index (χ0) is 15.9. The predicted molar refractivity (Wildman–Crippen MR) is 78.7 cm³/mol. The quantitative estimate of drug-likeness (QED) is 0.718. The Morgan fingerprint density at radius 3 is 2.43 bits per heavy atom. The predicted octanol–water partition coefficient (Wildman–Crippen LogP) is 1.80. The van der Waals surface area contributed by atoms with Crippen LogP contribution >= 0.6 is 0 Å². The third-order valence-corrected chi connectivity index (χ3v) is 4.49. The molecule has 118 valence electrons. The van der Waals surface area contributed by atoms with Crippen LogP contribution in [0.5, 0.6) is 0 Å². The molecule has 0 saturated carbocycles. The Labute approximate surface area is 125 Å². The molecular weight excluding hydrogens is 295 g/mol. The van der Waals surface area contributed by atoms with Crippen LogP contribution in [-0.2, 0) is 14.8 Å². The van der Waals surface area contributed by atoms with Crippen molar-refractivity contribution >= 4 is 15.9 Å². The van der Waals surface area contributed by atoms with E-state index in [0.717, 1.165) is 43.5 Å². The molecule has 1 aromatic carbocycles. The number of carbonyl (C=O) groups is 1. The molecule has 5 nitrogen and oxygen atoms in total. The molecule has 0 unspecified atom stereocenters. The minimum absolute atomic E-state index is 0.0745. The molecule has 1 amide bonds. The standard InChI is InChI=1S/C14H21FN2O3S/c1-3-4-5-10-16-14(18)11(2)17-21(19,20)13-8-6-12(15)7-9-13/h6-9,11,17H,3-5,10H2,1-2H3,(H,16,18)/t11-/m1/s1. The lowest BCUT2D eigenvalue weighted by atomic mass is 10.2. The highest BCUT2D eigenvalue weighted by atomic mass is 32.2. The van der Waals surface area contributed by atoms with Crippen LogP contribution in [0.25, 0.3) is 0 Å². The summed E-state index contributed by atoms with van der Waals surface area (Å²) in [4.78, 5) is 11.7. The molecule has 21 heavy (non-hydrogen) atoms. The van der Waals surface area contributed by atoms with Crippen LogP contribution in [0.4, 0.5) is 4.39 Å². The average molecular weight is 316 g/mol. The van der Waals surface area contributed by atoms with Crippen molar-refractivity contribution in [3.63, 3.8) is 0 Å². The second-order valence-electron chi connectivity index (χ2n) is 4.80. The lowest BCUT2D eigenvalue weighted by molar-refractivity contribution is -0.122. The normalized spacial score (nSPS) is 12.9. The topological polar surface area (TPSA) is 75.3 Å². The number of nitrogens with one attached hydrogen (secondary N) is 2. The molecule has 0 aliphatic rings.